The van der Waals surface area contributed by atoms with Crippen molar-refractivity contribution in [1.82, 2.24) is 0 Å². The van der Waals surface area contributed by atoms with Crippen LogP contribution in [0.15, 0.2) is 36.5 Å². The summed E-state index contributed by atoms with van der Waals surface area (Å²) in [5, 5.41) is 72.1. The number of hydrogen-bond acceptors (Lipinski definition) is 15. The normalized spacial score (nSPS) is 26.0. The number of aliphatic hydroxyl groups is 7. The van der Waals surface area contributed by atoms with Crippen molar-refractivity contribution in [1.29, 1.82) is 0 Å². The van der Waals surface area contributed by atoms with Crippen LogP contribution in [0.2, 0.25) is 0 Å². The maximum Gasteiger partial charge on any atom is 0.306 e. The first-order valence-electron chi connectivity index (χ1n) is 26.6. The first-order valence-corrected chi connectivity index (χ1v) is 26.6. The Morgan fingerprint density at radius 2 is 0.882 bits per heavy atom. The summed E-state index contributed by atoms with van der Waals surface area (Å²) < 4.78 is 33.6. The second kappa shape index (κ2) is 40.3. The van der Waals surface area contributed by atoms with Gasteiger partial charge in [0, 0.05) is 12.8 Å². The fraction of sp³-hybridized carbons (Fsp3) is 0.849. The molecular weight excluding hydrogens is 877 g/mol. The number of unbranched alkanes of at least 4 members (excludes halogenated alkanes) is 21. The van der Waals surface area contributed by atoms with E-state index >= 15 is 0 Å². The summed E-state index contributed by atoms with van der Waals surface area (Å²) in [6, 6.07) is 0. The van der Waals surface area contributed by atoms with Crippen molar-refractivity contribution in [2.45, 2.75) is 261 Å². The third kappa shape index (κ3) is 27.9. The van der Waals surface area contributed by atoms with Gasteiger partial charge in [-0.3, -0.25) is 9.59 Å². The molecule has 2 rings (SSSR count). The molecule has 0 aromatic heterocycles. The van der Waals surface area contributed by atoms with Crippen LogP contribution in [0.4, 0.5) is 0 Å². The van der Waals surface area contributed by atoms with Crippen LogP contribution in [0, 0.1) is 0 Å². The highest BCUT2D eigenvalue weighted by atomic mass is 16.7. The minimum atomic E-state index is -1.77. The highest BCUT2D eigenvalue weighted by Gasteiger charge is 2.47. The number of ether oxygens (including phenoxy) is 6. The van der Waals surface area contributed by atoms with E-state index in [0.717, 1.165) is 96.3 Å². The van der Waals surface area contributed by atoms with Crippen molar-refractivity contribution in [2.75, 3.05) is 26.4 Å². The molecule has 0 aromatic carbocycles. The van der Waals surface area contributed by atoms with E-state index in [9.17, 15) is 45.3 Å². The highest BCUT2D eigenvalue weighted by Crippen LogP contribution is 2.26. The van der Waals surface area contributed by atoms with Crippen LogP contribution in [0.3, 0.4) is 0 Å². The number of carbonyl (C=O) groups excluding carboxylic acids is 2. The molecule has 0 aromatic rings. The number of aliphatic hydroxyl groups excluding tert-OH is 7. The van der Waals surface area contributed by atoms with Gasteiger partial charge in [0.05, 0.1) is 19.8 Å². The Kier molecular flexibility index (Phi) is 36.7. The zero-order valence-corrected chi connectivity index (χ0v) is 41.8. The molecule has 0 radical (unpaired) electrons. The summed E-state index contributed by atoms with van der Waals surface area (Å²) in [5.74, 6) is -0.941. The van der Waals surface area contributed by atoms with Crippen LogP contribution in [-0.2, 0) is 38.0 Å². The summed E-state index contributed by atoms with van der Waals surface area (Å²) in [6.45, 7) is 2.55. The molecule has 396 valence electrons. The van der Waals surface area contributed by atoms with Crippen molar-refractivity contribution < 1.29 is 73.8 Å². The topological polar surface area (TPSA) is 231 Å². The third-order valence-electron chi connectivity index (χ3n) is 12.6. The van der Waals surface area contributed by atoms with E-state index in [1.54, 1.807) is 0 Å². The maximum absolute atomic E-state index is 13.0. The minimum absolute atomic E-state index is 0.155. The summed E-state index contributed by atoms with van der Waals surface area (Å²) in [7, 11) is 0. The fourth-order valence-corrected chi connectivity index (χ4v) is 8.18. The lowest BCUT2D eigenvalue weighted by atomic mass is 9.98. The van der Waals surface area contributed by atoms with Crippen molar-refractivity contribution in [2.24, 2.45) is 0 Å². The van der Waals surface area contributed by atoms with Crippen LogP contribution in [-0.4, -0.2) is 142 Å². The van der Waals surface area contributed by atoms with Gasteiger partial charge in [-0.05, 0) is 70.6 Å². The van der Waals surface area contributed by atoms with Gasteiger partial charge in [0.15, 0.2) is 18.7 Å². The van der Waals surface area contributed by atoms with Gasteiger partial charge < -0.3 is 64.2 Å². The summed E-state index contributed by atoms with van der Waals surface area (Å²) >= 11 is 0. The van der Waals surface area contributed by atoms with Gasteiger partial charge in [-0.15, -0.1) is 0 Å². The lowest BCUT2D eigenvalue weighted by Crippen LogP contribution is -2.61. The molecule has 0 amide bonds. The molecule has 0 spiro atoms. The molecule has 11 atom stereocenters. The summed E-state index contributed by atoms with van der Waals surface area (Å²) in [4.78, 5) is 25.8. The number of allylic oxidation sites excluding steroid dienone is 6. The maximum atomic E-state index is 13.0. The fourth-order valence-electron chi connectivity index (χ4n) is 8.18. The molecular formula is C53H94O15. The molecule has 0 saturated carbocycles. The summed E-state index contributed by atoms with van der Waals surface area (Å²) in [5.41, 5.74) is 0. The van der Waals surface area contributed by atoms with Crippen molar-refractivity contribution >= 4 is 11.9 Å². The number of hydrogen-bond donors (Lipinski definition) is 7. The molecule has 2 saturated heterocycles. The Morgan fingerprint density at radius 1 is 0.471 bits per heavy atom. The molecule has 2 fully saturated rings. The Morgan fingerprint density at radius 3 is 1.41 bits per heavy atom. The molecule has 7 N–H and O–H groups in total. The lowest BCUT2D eigenvalue weighted by molar-refractivity contribution is -0.332. The zero-order chi connectivity index (χ0) is 49.6. The van der Waals surface area contributed by atoms with E-state index in [-0.39, 0.29) is 26.1 Å². The zero-order valence-electron chi connectivity index (χ0n) is 41.8. The van der Waals surface area contributed by atoms with Crippen LogP contribution in [0.1, 0.15) is 194 Å². The van der Waals surface area contributed by atoms with Gasteiger partial charge in [-0.1, -0.05) is 147 Å². The smallest absolute Gasteiger partial charge is 0.306 e. The SMILES string of the molecule is CCCCC/C=C\C/C=C\CCCCCCCCCC(=O)OC(COC(=O)CCCCCCC/C=C\CCCCCCCC)COC1OC(COC2OC(CO)C(O)C(O)C2O)C(O)C(O)C1O. The largest absolute Gasteiger partial charge is 0.462 e. The second-order valence-electron chi connectivity index (χ2n) is 18.7. The van der Waals surface area contributed by atoms with E-state index in [0.29, 0.717) is 12.8 Å². The Bertz CT molecular complexity index is 1330. The van der Waals surface area contributed by atoms with Crippen molar-refractivity contribution in [3.05, 3.63) is 36.5 Å². The number of rotatable bonds is 41. The van der Waals surface area contributed by atoms with Crippen LogP contribution in [0.5, 0.6) is 0 Å². The quantitative estimate of drug-likeness (QED) is 0.0177. The monoisotopic (exact) mass is 971 g/mol. The molecule has 68 heavy (non-hydrogen) atoms. The van der Waals surface area contributed by atoms with Gasteiger partial charge in [0.2, 0.25) is 0 Å². The predicted octanol–water partition coefficient (Wildman–Crippen LogP) is 7.71. The average molecular weight is 971 g/mol. The molecule has 11 unspecified atom stereocenters. The molecule has 2 aliphatic rings. The predicted molar refractivity (Wildman–Crippen MR) is 261 cm³/mol. The highest BCUT2D eigenvalue weighted by molar-refractivity contribution is 5.70. The van der Waals surface area contributed by atoms with E-state index in [1.165, 1.54) is 57.8 Å². The van der Waals surface area contributed by atoms with Gasteiger partial charge in [-0.2, -0.15) is 0 Å². The Labute approximate surface area is 408 Å². The average Bonchev–Trinajstić information content (AvgIpc) is 3.33. The molecule has 15 heteroatoms. The second-order valence-corrected chi connectivity index (χ2v) is 18.7. The van der Waals surface area contributed by atoms with Gasteiger partial charge in [0.25, 0.3) is 0 Å². The van der Waals surface area contributed by atoms with E-state index in [2.05, 4.69) is 50.3 Å². The molecule has 2 aliphatic heterocycles. The van der Waals surface area contributed by atoms with E-state index < -0.39 is 92.7 Å². The number of esters is 2. The first-order chi connectivity index (χ1) is 33.0. The van der Waals surface area contributed by atoms with E-state index in [4.69, 9.17) is 28.4 Å². The van der Waals surface area contributed by atoms with Gasteiger partial charge in [0.1, 0.15) is 55.4 Å². The lowest BCUT2D eigenvalue weighted by Gasteiger charge is -2.42. The van der Waals surface area contributed by atoms with Crippen LogP contribution < -0.4 is 0 Å². The van der Waals surface area contributed by atoms with Crippen LogP contribution in [0.25, 0.3) is 0 Å². The summed E-state index contributed by atoms with van der Waals surface area (Å²) in [6.07, 6.45) is 25.9. The Hall–Kier alpha value is -2.28. The van der Waals surface area contributed by atoms with Crippen molar-refractivity contribution in [3.8, 4) is 0 Å². The van der Waals surface area contributed by atoms with E-state index in [1.807, 2.05) is 0 Å². The molecule has 0 aliphatic carbocycles. The van der Waals surface area contributed by atoms with Gasteiger partial charge >= 0.3 is 11.9 Å². The van der Waals surface area contributed by atoms with Gasteiger partial charge in [-0.25, -0.2) is 0 Å². The Balaban J connectivity index is 1.81. The van der Waals surface area contributed by atoms with Crippen molar-refractivity contribution in [3.63, 3.8) is 0 Å². The molecule has 2 heterocycles. The third-order valence-corrected chi connectivity index (χ3v) is 12.6. The molecule has 15 nitrogen and oxygen atoms in total. The number of carbonyl (C=O) groups is 2. The first kappa shape index (κ1) is 61.8. The standard InChI is InChI=1S/C53H94O15/c1-3-5-7-9-11-13-15-17-19-20-22-24-26-28-30-32-34-36-45(56)66-41(38-63-44(55)35-33-31-29-27-25-23-21-18-16-14-12-10-8-6-4-2)39-64-52-51(62)49(60)47(58)43(68-52)40-65-53-50(61)48(59)46(57)42(37-54)67-53/h11,13,17-19,21,41-43,46-54,57-62H,3-10,12,14-16,20,22-40H2,1-2H3/b13-11-,19-17-,21-18-. The molecule has 0 bridgehead atoms. The minimum Gasteiger partial charge on any atom is -0.462 e. The van der Waals surface area contributed by atoms with Crippen LogP contribution >= 0.6 is 0 Å².